The van der Waals surface area contributed by atoms with Gasteiger partial charge < -0.3 is 5.32 Å². The lowest BCUT2D eigenvalue weighted by atomic mass is 10.0. The summed E-state index contributed by atoms with van der Waals surface area (Å²) in [7, 11) is 0. The molecule has 1 heterocycles. The van der Waals surface area contributed by atoms with Gasteiger partial charge in [-0.2, -0.15) is 11.3 Å². The molecule has 1 unspecified atom stereocenters. The summed E-state index contributed by atoms with van der Waals surface area (Å²) in [6, 6.07) is 9.12. The zero-order valence-corrected chi connectivity index (χ0v) is 15.4. The Morgan fingerprint density at radius 1 is 1.37 bits per heavy atom. The van der Waals surface area contributed by atoms with Crippen LogP contribution in [0.1, 0.15) is 30.5 Å². The zero-order chi connectivity index (χ0) is 13.7. The molecular formula is C15H17BrINS. The van der Waals surface area contributed by atoms with Gasteiger partial charge in [0.2, 0.25) is 0 Å². The Kier molecular flexibility index (Phi) is 6.32. The Labute approximate surface area is 141 Å². The van der Waals surface area contributed by atoms with Crippen LogP contribution in [0.25, 0.3) is 0 Å². The highest BCUT2D eigenvalue weighted by Crippen LogP contribution is 2.27. The van der Waals surface area contributed by atoms with Crippen LogP contribution in [0.2, 0.25) is 0 Å². The van der Waals surface area contributed by atoms with Crippen molar-refractivity contribution in [2.75, 3.05) is 6.54 Å². The summed E-state index contributed by atoms with van der Waals surface area (Å²) in [6.45, 7) is 3.26. The Bertz CT molecular complexity index is 513. The molecule has 2 rings (SSSR count). The minimum Gasteiger partial charge on any atom is -0.310 e. The van der Waals surface area contributed by atoms with Crippen molar-refractivity contribution in [1.29, 1.82) is 0 Å². The maximum absolute atomic E-state index is 3.67. The number of thiophene rings is 1. The highest BCUT2D eigenvalue weighted by atomic mass is 127. The van der Waals surface area contributed by atoms with Crippen molar-refractivity contribution in [1.82, 2.24) is 5.32 Å². The predicted molar refractivity (Wildman–Crippen MR) is 95.9 cm³/mol. The third-order valence-corrected chi connectivity index (χ3v) is 5.20. The van der Waals surface area contributed by atoms with Crippen molar-refractivity contribution < 1.29 is 0 Å². The van der Waals surface area contributed by atoms with Gasteiger partial charge in [0.15, 0.2) is 0 Å². The SMILES string of the molecule is CCCNC(Cc1ccsc1)c1cc(Br)ccc1I. The molecule has 19 heavy (non-hydrogen) atoms. The van der Waals surface area contributed by atoms with E-state index in [-0.39, 0.29) is 0 Å². The average Bonchev–Trinajstić information content (AvgIpc) is 2.90. The summed E-state index contributed by atoms with van der Waals surface area (Å²) in [5.41, 5.74) is 2.80. The molecule has 0 amide bonds. The summed E-state index contributed by atoms with van der Waals surface area (Å²) in [6.07, 6.45) is 2.21. The minimum atomic E-state index is 0.388. The zero-order valence-electron chi connectivity index (χ0n) is 10.8. The maximum atomic E-state index is 3.67. The molecule has 0 fully saturated rings. The molecule has 1 N–H and O–H groups in total. The highest BCUT2D eigenvalue weighted by molar-refractivity contribution is 14.1. The van der Waals surface area contributed by atoms with Gasteiger partial charge >= 0.3 is 0 Å². The van der Waals surface area contributed by atoms with E-state index in [1.165, 1.54) is 14.7 Å². The molecule has 1 nitrogen and oxygen atoms in total. The van der Waals surface area contributed by atoms with Crippen LogP contribution in [0.4, 0.5) is 0 Å². The first-order valence-electron chi connectivity index (χ1n) is 6.40. The van der Waals surface area contributed by atoms with Gasteiger partial charge in [0.1, 0.15) is 0 Å². The van der Waals surface area contributed by atoms with Gasteiger partial charge in [-0.1, -0.05) is 22.9 Å². The maximum Gasteiger partial charge on any atom is 0.0372 e. The van der Waals surface area contributed by atoms with Gasteiger partial charge in [-0.15, -0.1) is 0 Å². The fraction of sp³-hybridized carbons (Fsp3) is 0.333. The molecule has 0 saturated carbocycles. The monoisotopic (exact) mass is 449 g/mol. The van der Waals surface area contributed by atoms with E-state index in [1.54, 1.807) is 11.3 Å². The molecule has 0 aliphatic heterocycles. The summed E-state index contributed by atoms with van der Waals surface area (Å²) < 4.78 is 2.47. The molecular weight excluding hydrogens is 433 g/mol. The van der Waals surface area contributed by atoms with Crippen molar-refractivity contribution in [2.45, 2.75) is 25.8 Å². The Hall–Kier alpha value is 0.0900. The van der Waals surface area contributed by atoms with E-state index in [1.807, 2.05) is 0 Å². The second kappa shape index (κ2) is 7.76. The van der Waals surface area contributed by atoms with Crippen molar-refractivity contribution in [3.05, 3.63) is 54.2 Å². The molecule has 0 aliphatic rings. The minimum absolute atomic E-state index is 0.388. The largest absolute Gasteiger partial charge is 0.310 e. The first-order chi connectivity index (χ1) is 9.20. The van der Waals surface area contributed by atoms with Gasteiger partial charge in [-0.05, 0) is 88.1 Å². The molecule has 0 saturated heterocycles. The van der Waals surface area contributed by atoms with Gasteiger partial charge in [0.25, 0.3) is 0 Å². The van der Waals surface area contributed by atoms with E-state index in [0.29, 0.717) is 6.04 Å². The average molecular weight is 450 g/mol. The van der Waals surface area contributed by atoms with E-state index in [4.69, 9.17) is 0 Å². The molecule has 102 valence electrons. The lowest BCUT2D eigenvalue weighted by Crippen LogP contribution is -2.24. The van der Waals surface area contributed by atoms with E-state index in [9.17, 15) is 0 Å². The lowest BCUT2D eigenvalue weighted by molar-refractivity contribution is 0.528. The van der Waals surface area contributed by atoms with Crippen LogP contribution in [0.15, 0.2) is 39.5 Å². The molecule has 0 radical (unpaired) electrons. The smallest absolute Gasteiger partial charge is 0.0372 e. The fourth-order valence-electron chi connectivity index (χ4n) is 2.04. The van der Waals surface area contributed by atoms with Crippen molar-refractivity contribution in [3.8, 4) is 0 Å². The van der Waals surface area contributed by atoms with E-state index in [2.05, 4.69) is 85.8 Å². The summed E-state index contributed by atoms with van der Waals surface area (Å²) in [5, 5.41) is 8.06. The van der Waals surface area contributed by atoms with E-state index < -0.39 is 0 Å². The van der Waals surface area contributed by atoms with Crippen LogP contribution in [0, 0.1) is 3.57 Å². The molecule has 0 aliphatic carbocycles. The second-order valence-electron chi connectivity index (χ2n) is 4.51. The van der Waals surface area contributed by atoms with Crippen LogP contribution in [0.5, 0.6) is 0 Å². The normalized spacial score (nSPS) is 12.6. The first kappa shape index (κ1) is 15.5. The number of rotatable bonds is 6. The fourth-order valence-corrected chi connectivity index (χ4v) is 3.81. The quantitative estimate of drug-likeness (QED) is 0.582. The third-order valence-electron chi connectivity index (χ3n) is 2.99. The Morgan fingerprint density at radius 2 is 2.21 bits per heavy atom. The summed E-state index contributed by atoms with van der Waals surface area (Å²) in [4.78, 5) is 0. The van der Waals surface area contributed by atoms with Crippen molar-refractivity contribution >= 4 is 49.9 Å². The summed E-state index contributed by atoms with van der Waals surface area (Å²) in [5.74, 6) is 0. The topological polar surface area (TPSA) is 12.0 Å². The molecule has 4 heteroatoms. The van der Waals surface area contributed by atoms with Crippen LogP contribution >= 0.6 is 49.9 Å². The van der Waals surface area contributed by atoms with Gasteiger partial charge in [-0.25, -0.2) is 0 Å². The number of benzene rings is 1. The number of halogens is 2. The summed E-state index contributed by atoms with van der Waals surface area (Å²) >= 11 is 7.78. The second-order valence-corrected chi connectivity index (χ2v) is 7.37. The molecule has 1 aromatic carbocycles. The number of hydrogen-bond acceptors (Lipinski definition) is 2. The predicted octanol–water partition coefficient (Wildman–Crippen LogP) is 5.40. The molecule has 0 bridgehead atoms. The van der Waals surface area contributed by atoms with Crippen LogP contribution < -0.4 is 5.32 Å². The van der Waals surface area contributed by atoms with Crippen LogP contribution in [-0.4, -0.2) is 6.54 Å². The Balaban J connectivity index is 2.23. The first-order valence-corrected chi connectivity index (χ1v) is 9.21. The van der Waals surface area contributed by atoms with Gasteiger partial charge in [0, 0.05) is 14.1 Å². The van der Waals surface area contributed by atoms with Crippen molar-refractivity contribution in [2.24, 2.45) is 0 Å². The van der Waals surface area contributed by atoms with E-state index >= 15 is 0 Å². The number of hydrogen-bond donors (Lipinski definition) is 1. The molecule has 2 aromatic rings. The highest BCUT2D eigenvalue weighted by Gasteiger charge is 2.15. The lowest BCUT2D eigenvalue weighted by Gasteiger charge is -2.20. The van der Waals surface area contributed by atoms with Crippen LogP contribution in [-0.2, 0) is 6.42 Å². The van der Waals surface area contributed by atoms with Gasteiger partial charge in [0.05, 0.1) is 0 Å². The Morgan fingerprint density at radius 3 is 2.89 bits per heavy atom. The molecule has 1 atom stereocenters. The molecule has 1 aromatic heterocycles. The third kappa shape index (κ3) is 4.55. The molecule has 0 spiro atoms. The number of nitrogens with one attached hydrogen (secondary N) is 1. The van der Waals surface area contributed by atoms with E-state index in [0.717, 1.165) is 23.9 Å². The standard InChI is InChI=1S/C15H17BrINS/c1-2-6-18-15(8-11-5-7-19-10-11)13-9-12(16)3-4-14(13)17/h3-5,7,9-10,15,18H,2,6,8H2,1H3. The van der Waals surface area contributed by atoms with Crippen molar-refractivity contribution in [3.63, 3.8) is 0 Å². The van der Waals surface area contributed by atoms with Gasteiger partial charge in [-0.3, -0.25) is 0 Å². The van der Waals surface area contributed by atoms with Crippen LogP contribution in [0.3, 0.4) is 0 Å².